The number of hydrogen-bond acceptors (Lipinski definition) is 3. The Labute approximate surface area is 125 Å². The Balaban J connectivity index is 1.93. The van der Waals surface area contributed by atoms with Gasteiger partial charge in [0.05, 0.1) is 12.1 Å². The van der Waals surface area contributed by atoms with Gasteiger partial charge in [-0.25, -0.2) is 0 Å². The lowest BCUT2D eigenvalue weighted by Gasteiger charge is -2.31. The van der Waals surface area contributed by atoms with Crippen LogP contribution in [0.1, 0.15) is 38.4 Å². The molecule has 2 heterocycles. The number of amides is 2. The average molecular weight is 292 g/mol. The summed E-state index contributed by atoms with van der Waals surface area (Å²) in [6.45, 7) is 8.90. The summed E-state index contributed by atoms with van der Waals surface area (Å²) in [5, 5.41) is 7.07. The minimum absolute atomic E-state index is 0.0557. The summed E-state index contributed by atoms with van der Waals surface area (Å²) < 4.78 is 1.78. The molecule has 0 bridgehead atoms. The van der Waals surface area contributed by atoms with Crippen LogP contribution >= 0.6 is 0 Å². The highest BCUT2D eigenvalue weighted by Crippen LogP contribution is 2.25. The molecule has 1 aromatic rings. The normalized spacial score (nSPS) is 19.2. The maximum Gasteiger partial charge on any atom is 0.225 e. The molecular formula is C15H24N4O2. The molecule has 1 saturated heterocycles. The summed E-state index contributed by atoms with van der Waals surface area (Å²) in [4.78, 5) is 26.0. The Kier molecular flexibility index (Phi) is 4.07. The van der Waals surface area contributed by atoms with Crippen molar-refractivity contribution < 1.29 is 9.59 Å². The van der Waals surface area contributed by atoms with E-state index in [1.165, 1.54) is 0 Å². The first-order valence-electron chi connectivity index (χ1n) is 7.26. The lowest BCUT2D eigenvalue weighted by molar-refractivity contribution is -0.132. The van der Waals surface area contributed by atoms with Crippen LogP contribution < -0.4 is 5.32 Å². The van der Waals surface area contributed by atoms with E-state index >= 15 is 0 Å². The lowest BCUT2D eigenvalue weighted by atomic mass is 10.1. The minimum atomic E-state index is -0.256. The van der Waals surface area contributed by atoms with Crippen molar-refractivity contribution in [3.8, 4) is 0 Å². The smallest absolute Gasteiger partial charge is 0.225 e. The van der Waals surface area contributed by atoms with Gasteiger partial charge < -0.3 is 10.2 Å². The fraction of sp³-hybridized carbons (Fsp3) is 0.667. The number of carbonyl (C=O) groups is 2. The van der Waals surface area contributed by atoms with Gasteiger partial charge in [-0.3, -0.25) is 14.3 Å². The molecule has 6 heteroatoms. The SMILES string of the molecule is Cc1c(CNC(=O)C2CC(=O)N(C(C)(C)C)C2)cnn1C. The van der Waals surface area contributed by atoms with Crippen LogP contribution in [0, 0.1) is 12.8 Å². The summed E-state index contributed by atoms with van der Waals surface area (Å²) >= 11 is 0. The van der Waals surface area contributed by atoms with Gasteiger partial charge in [-0.1, -0.05) is 0 Å². The molecule has 0 radical (unpaired) electrons. The van der Waals surface area contributed by atoms with Gasteiger partial charge in [-0.05, 0) is 27.7 Å². The second-order valence-electron chi connectivity index (χ2n) is 6.67. The summed E-state index contributed by atoms with van der Waals surface area (Å²) in [7, 11) is 1.87. The first kappa shape index (κ1) is 15.5. The zero-order valence-corrected chi connectivity index (χ0v) is 13.4. The third-order valence-corrected chi connectivity index (χ3v) is 4.10. The average Bonchev–Trinajstić information content (AvgIpc) is 2.92. The maximum atomic E-state index is 12.2. The number of carbonyl (C=O) groups excluding carboxylic acids is 2. The van der Waals surface area contributed by atoms with Crippen molar-refractivity contribution in [1.29, 1.82) is 0 Å². The molecule has 1 fully saturated rings. The van der Waals surface area contributed by atoms with Crippen molar-refractivity contribution in [2.45, 2.75) is 46.2 Å². The summed E-state index contributed by atoms with van der Waals surface area (Å²) in [6, 6.07) is 0. The molecular weight excluding hydrogens is 268 g/mol. The van der Waals surface area contributed by atoms with E-state index < -0.39 is 0 Å². The van der Waals surface area contributed by atoms with Crippen LogP contribution in [0.25, 0.3) is 0 Å². The number of rotatable bonds is 3. The molecule has 0 aliphatic carbocycles. The molecule has 116 valence electrons. The topological polar surface area (TPSA) is 67.2 Å². The van der Waals surface area contributed by atoms with Crippen LogP contribution in [0.2, 0.25) is 0 Å². The van der Waals surface area contributed by atoms with Crippen molar-refractivity contribution in [3.05, 3.63) is 17.5 Å². The van der Waals surface area contributed by atoms with Gasteiger partial charge in [0, 0.05) is 43.4 Å². The fourth-order valence-electron chi connectivity index (χ4n) is 2.58. The second-order valence-corrected chi connectivity index (χ2v) is 6.67. The molecule has 1 unspecified atom stereocenters. The molecule has 0 aromatic carbocycles. The molecule has 1 aliphatic rings. The minimum Gasteiger partial charge on any atom is -0.352 e. The quantitative estimate of drug-likeness (QED) is 0.903. The molecule has 2 amide bonds. The zero-order chi connectivity index (χ0) is 15.8. The van der Waals surface area contributed by atoms with Gasteiger partial charge in [0.25, 0.3) is 0 Å². The Morgan fingerprint density at radius 2 is 2.14 bits per heavy atom. The zero-order valence-electron chi connectivity index (χ0n) is 13.4. The van der Waals surface area contributed by atoms with Crippen molar-refractivity contribution in [2.24, 2.45) is 13.0 Å². The third-order valence-electron chi connectivity index (χ3n) is 4.10. The Hall–Kier alpha value is -1.85. The standard InChI is InChI=1S/C15H24N4O2/c1-10-12(8-17-18(10)5)7-16-14(21)11-6-13(20)19(9-11)15(2,3)4/h8,11H,6-7,9H2,1-5H3,(H,16,21). The van der Waals surface area contributed by atoms with Crippen LogP contribution in [0.4, 0.5) is 0 Å². The van der Waals surface area contributed by atoms with Crippen molar-refractivity contribution in [2.75, 3.05) is 6.54 Å². The van der Waals surface area contributed by atoms with Gasteiger partial charge in [0.15, 0.2) is 0 Å². The number of likely N-dealkylation sites (tertiary alicyclic amines) is 1. The number of nitrogens with one attached hydrogen (secondary N) is 1. The molecule has 2 rings (SSSR count). The van der Waals surface area contributed by atoms with E-state index in [2.05, 4.69) is 10.4 Å². The van der Waals surface area contributed by atoms with Crippen LogP contribution in [0.5, 0.6) is 0 Å². The predicted molar refractivity (Wildman–Crippen MR) is 79.4 cm³/mol. The van der Waals surface area contributed by atoms with Crippen LogP contribution in [0.15, 0.2) is 6.20 Å². The first-order valence-corrected chi connectivity index (χ1v) is 7.26. The van der Waals surface area contributed by atoms with Gasteiger partial charge in [-0.2, -0.15) is 5.10 Å². The van der Waals surface area contributed by atoms with E-state index in [9.17, 15) is 9.59 Å². The lowest BCUT2D eigenvalue weighted by Crippen LogP contribution is -2.43. The molecule has 21 heavy (non-hydrogen) atoms. The van der Waals surface area contributed by atoms with Crippen molar-refractivity contribution in [3.63, 3.8) is 0 Å². The molecule has 6 nitrogen and oxygen atoms in total. The molecule has 1 N–H and O–H groups in total. The highest BCUT2D eigenvalue weighted by molar-refractivity contribution is 5.89. The number of aryl methyl sites for hydroxylation is 1. The first-order chi connectivity index (χ1) is 9.70. The van der Waals surface area contributed by atoms with E-state index in [1.807, 2.05) is 34.7 Å². The third kappa shape index (κ3) is 3.25. The largest absolute Gasteiger partial charge is 0.352 e. The molecule has 0 spiro atoms. The van der Waals surface area contributed by atoms with E-state index in [0.29, 0.717) is 19.5 Å². The second kappa shape index (κ2) is 5.50. The van der Waals surface area contributed by atoms with Gasteiger partial charge in [-0.15, -0.1) is 0 Å². The molecule has 0 saturated carbocycles. The maximum absolute atomic E-state index is 12.2. The van der Waals surface area contributed by atoms with Crippen molar-refractivity contribution in [1.82, 2.24) is 20.0 Å². The van der Waals surface area contributed by atoms with Crippen LogP contribution in [-0.4, -0.2) is 38.6 Å². The number of aromatic nitrogens is 2. The summed E-state index contributed by atoms with van der Waals surface area (Å²) in [5.41, 5.74) is 1.81. The predicted octanol–water partition coefficient (Wildman–Crippen LogP) is 0.992. The fourth-order valence-corrected chi connectivity index (χ4v) is 2.58. The highest BCUT2D eigenvalue weighted by atomic mass is 16.2. The van der Waals surface area contributed by atoms with Gasteiger partial charge in [0.1, 0.15) is 0 Å². The Bertz CT molecular complexity index is 557. The highest BCUT2D eigenvalue weighted by Gasteiger charge is 2.39. The summed E-state index contributed by atoms with van der Waals surface area (Å²) in [5.74, 6) is -0.257. The van der Waals surface area contributed by atoms with Crippen LogP contribution in [0.3, 0.4) is 0 Å². The Morgan fingerprint density at radius 1 is 1.48 bits per heavy atom. The van der Waals surface area contributed by atoms with E-state index in [4.69, 9.17) is 0 Å². The summed E-state index contributed by atoms with van der Waals surface area (Å²) in [6.07, 6.45) is 2.06. The molecule has 1 aromatic heterocycles. The number of nitrogens with zero attached hydrogens (tertiary/aromatic N) is 3. The molecule has 1 atom stereocenters. The van der Waals surface area contributed by atoms with E-state index in [-0.39, 0.29) is 23.3 Å². The monoisotopic (exact) mass is 292 g/mol. The van der Waals surface area contributed by atoms with E-state index in [0.717, 1.165) is 11.3 Å². The van der Waals surface area contributed by atoms with Gasteiger partial charge in [0.2, 0.25) is 11.8 Å². The van der Waals surface area contributed by atoms with Crippen molar-refractivity contribution >= 4 is 11.8 Å². The number of hydrogen-bond donors (Lipinski definition) is 1. The van der Waals surface area contributed by atoms with Gasteiger partial charge >= 0.3 is 0 Å². The Morgan fingerprint density at radius 3 is 2.62 bits per heavy atom. The van der Waals surface area contributed by atoms with E-state index in [1.54, 1.807) is 15.8 Å². The van der Waals surface area contributed by atoms with Crippen LogP contribution in [-0.2, 0) is 23.2 Å². The molecule has 1 aliphatic heterocycles.